The fourth-order valence-electron chi connectivity index (χ4n) is 2.82. The molecule has 0 atom stereocenters. The number of rotatable bonds is 6. The average molecular weight is 395 g/mol. The van der Waals surface area contributed by atoms with Crippen LogP contribution in [0.2, 0.25) is 0 Å². The summed E-state index contributed by atoms with van der Waals surface area (Å²) in [5, 5.41) is 11.3. The maximum absolute atomic E-state index is 12.4. The molecule has 0 aliphatic carbocycles. The van der Waals surface area contributed by atoms with Crippen molar-refractivity contribution in [1.82, 2.24) is 15.2 Å². The average Bonchev–Trinajstić information content (AvgIpc) is 2.68. The summed E-state index contributed by atoms with van der Waals surface area (Å²) in [6.45, 7) is 6.15. The standard InChI is InChI=1S/C21H22N4O2S/c1-13(2)16-11-7-8-14(3)18(16)22-17(26)12-28-21-23-20(27)19(24-25-21)15-9-5-4-6-10-15/h4-11,13H,12H2,1-3H3,(H,22,26)(H,23,25,27). The molecule has 6 nitrogen and oxygen atoms in total. The Morgan fingerprint density at radius 1 is 1.11 bits per heavy atom. The molecule has 1 amide bonds. The zero-order valence-electron chi connectivity index (χ0n) is 16.0. The predicted molar refractivity (Wildman–Crippen MR) is 113 cm³/mol. The van der Waals surface area contributed by atoms with Gasteiger partial charge in [0.25, 0.3) is 5.56 Å². The molecule has 0 aliphatic rings. The summed E-state index contributed by atoms with van der Waals surface area (Å²) in [4.78, 5) is 27.4. The van der Waals surface area contributed by atoms with Gasteiger partial charge in [-0.1, -0.05) is 74.1 Å². The van der Waals surface area contributed by atoms with Gasteiger partial charge in [0.2, 0.25) is 5.91 Å². The van der Waals surface area contributed by atoms with Crippen LogP contribution in [0.1, 0.15) is 30.9 Å². The van der Waals surface area contributed by atoms with Gasteiger partial charge in [0.05, 0.1) is 5.75 Å². The molecule has 3 aromatic rings. The van der Waals surface area contributed by atoms with Crippen LogP contribution in [0.5, 0.6) is 0 Å². The normalized spacial score (nSPS) is 10.9. The van der Waals surface area contributed by atoms with Crippen molar-refractivity contribution in [2.45, 2.75) is 31.8 Å². The number of anilines is 1. The lowest BCUT2D eigenvalue weighted by atomic mass is 9.98. The number of thioether (sulfide) groups is 1. The van der Waals surface area contributed by atoms with Crippen LogP contribution in [-0.2, 0) is 4.79 Å². The maximum Gasteiger partial charge on any atom is 0.278 e. The van der Waals surface area contributed by atoms with Gasteiger partial charge in [-0.15, -0.1) is 10.2 Å². The second-order valence-electron chi connectivity index (χ2n) is 6.70. The van der Waals surface area contributed by atoms with Crippen LogP contribution < -0.4 is 10.9 Å². The minimum atomic E-state index is -0.329. The minimum absolute atomic E-state index is 0.126. The molecule has 0 saturated carbocycles. The smallest absolute Gasteiger partial charge is 0.278 e. The Morgan fingerprint density at radius 2 is 1.86 bits per heavy atom. The van der Waals surface area contributed by atoms with Gasteiger partial charge in [0.15, 0.2) is 10.9 Å². The molecule has 2 N–H and O–H groups in total. The van der Waals surface area contributed by atoms with Crippen LogP contribution in [0.3, 0.4) is 0 Å². The Hall–Kier alpha value is -2.93. The van der Waals surface area contributed by atoms with Crippen molar-refractivity contribution in [3.63, 3.8) is 0 Å². The summed E-state index contributed by atoms with van der Waals surface area (Å²) in [6.07, 6.45) is 0. The van der Waals surface area contributed by atoms with Crippen LogP contribution in [0, 0.1) is 6.92 Å². The summed E-state index contributed by atoms with van der Waals surface area (Å²) in [5.74, 6) is 0.271. The monoisotopic (exact) mass is 394 g/mol. The van der Waals surface area contributed by atoms with Crippen LogP contribution in [0.25, 0.3) is 11.3 Å². The number of aromatic amines is 1. The number of H-pyrrole nitrogens is 1. The summed E-state index contributed by atoms with van der Waals surface area (Å²) in [6, 6.07) is 15.1. The van der Waals surface area contributed by atoms with E-state index in [1.165, 1.54) is 0 Å². The first-order chi connectivity index (χ1) is 13.5. The van der Waals surface area contributed by atoms with E-state index in [4.69, 9.17) is 0 Å². The Kier molecular flexibility index (Phi) is 6.26. The van der Waals surface area contributed by atoms with Crippen LogP contribution in [0.4, 0.5) is 5.69 Å². The zero-order chi connectivity index (χ0) is 20.1. The largest absolute Gasteiger partial charge is 0.325 e. The van der Waals surface area contributed by atoms with E-state index in [1.807, 2.05) is 43.3 Å². The van der Waals surface area contributed by atoms with Gasteiger partial charge in [-0.2, -0.15) is 0 Å². The Balaban J connectivity index is 1.68. The summed E-state index contributed by atoms with van der Waals surface area (Å²) < 4.78 is 0. The number of benzene rings is 2. The van der Waals surface area contributed by atoms with Gasteiger partial charge < -0.3 is 5.32 Å². The van der Waals surface area contributed by atoms with Crippen LogP contribution >= 0.6 is 11.8 Å². The lowest BCUT2D eigenvalue weighted by molar-refractivity contribution is -0.113. The second kappa shape index (κ2) is 8.84. The van der Waals surface area contributed by atoms with Crippen LogP contribution in [-0.4, -0.2) is 26.8 Å². The Morgan fingerprint density at radius 3 is 2.54 bits per heavy atom. The Bertz CT molecular complexity index is 1030. The lowest BCUT2D eigenvalue weighted by Gasteiger charge is -2.16. The molecule has 28 heavy (non-hydrogen) atoms. The molecule has 1 heterocycles. The first-order valence-corrected chi connectivity index (χ1v) is 9.99. The van der Waals surface area contributed by atoms with Crippen molar-refractivity contribution in [2.24, 2.45) is 0 Å². The summed E-state index contributed by atoms with van der Waals surface area (Å²) in [7, 11) is 0. The van der Waals surface area contributed by atoms with Crippen molar-refractivity contribution in [1.29, 1.82) is 0 Å². The van der Waals surface area contributed by atoms with Gasteiger partial charge in [0.1, 0.15) is 0 Å². The molecule has 0 saturated heterocycles. The first-order valence-electron chi connectivity index (χ1n) is 9.00. The van der Waals surface area contributed by atoms with Gasteiger partial charge in [-0.05, 0) is 24.0 Å². The van der Waals surface area contributed by atoms with E-state index in [-0.39, 0.29) is 22.9 Å². The van der Waals surface area contributed by atoms with Gasteiger partial charge in [-0.3, -0.25) is 14.6 Å². The number of aryl methyl sites for hydroxylation is 1. The SMILES string of the molecule is Cc1cccc(C(C)C)c1NC(=O)CSc1nnc(-c2ccccc2)c(=O)[nH]1. The summed E-state index contributed by atoms with van der Waals surface area (Å²) in [5.41, 5.74) is 3.60. The molecule has 2 aromatic carbocycles. The van der Waals surface area contributed by atoms with E-state index in [9.17, 15) is 9.59 Å². The van der Waals surface area contributed by atoms with Crippen LogP contribution in [0.15, 0.2) is 58.5 Å². The van der Waals surface area contributed by atoms with Crippen molar-refractivity contribution in [2.75, 3.05) is 11.1 Å². The predicted octanol–water partition coefficient (Wildman–Crippen LogP) is 3.99. The quantitative estimate of drug-likeness (QED) is 0.617. The fraction of sp³-hybridized carbons (Fsp3) is 0.238. The third-order valence-electron chi connectivity index (χ3n) is 4.26. The van der Waals surface area contributed by atoms with E-state index in [0.29, 0.717) is 16.6 Å². The zero-order valence-corrected chi connectivity index (χ0v) is 16.8. The number of carbonyl (C=O) groups is 1. The van der Waals surface area contributed by atoms with Crippen molar-refractivity contribution < 1.29 is 4.79 Å². The molecule has 0 unspecified atom stereocenters. The number of carbonyl (C=O) groups excluding carboxylic acids is 1. The molecule has 0 radical (unpaired) electrons. The number of nitrogens with one attached hydrogen (secondary N) is 2. The second-order valence-corrected chi connectivity index (χ2v) is 7.67. The van der Waals surface area contributed by atoms with Crippen molar-refractivity contribution in [3.05, 3.63) is 70.0 Å². The molecule has 0 spiro atoms. The fourth-order valence-corrected chi connectivity index (χ4v) is 3.43. The number of para-hydroxylation sites is 1. The van der Waals surface area contributed by atoms with E-state index in [2.05, 4.69) is 34.3 Å². The molecule has 7 heteroatoms. The number of hydrogen-bond acceptors (Lipinski definition) is 5. The van der Waals surface area contributed by atoms with Gasteiger partial charge >= 0.3 is 0 Å². The van der Waals surface area contributed by atoms with Crippen molar-refractivity contribution >= 4 is 23.4 Å². The third-order valence-corrected chi connectivity index (χ3v) is 5.12. The maximum atomic E-state index is 12.4. The number of amides is 1. The summed E-state index contributed by atoms with van der Waals surface area (Å²) >= 11 is 1.14. The topological polar surface area (TPSA) is 87.7 Å². The molecule has 1 aromatic heterocycles. The highest BCUT2D eigenvalue weighted by atomic mass is 32.2. The number of aromatic nitrogens is 3. The number of hydrogen-bond donors (Lipinski definition) is 2. The van der Waals surface area contributed by atoms with E-state index < -0.39 is 0 Å². The molecular formula is C21H22N4O2S. The minimum Gasteiger partial charge on any atom is -0.325 e. The van der Waals surface area contributed by atoms with Crippen molar-refractivity contribution in [3.8, 4) is 11.3 Å². The highest BCUT2D eigenvalue weighted by Gasteiger charge is 2.13. The molecule has 0 aliphatic heterocycles. The van der Waals surface area contributed by atoms with Gasteiger partial charge in [-0.25, -0.2) is 0 Å². The van der Waals surface area contributed by atoms with E-state index in [1.54, 1.807) is 12.1 Å². The lowest BCUT2D eigenvalue weighted by Crippen LogP contribution is -2.18. The molecule has 0 fully saturated rings. The molecule has 144 valence electrons. The highest BCUT2D eigenvalue weighted by Crippen LogP contribution is 2.27. The molecular weight excluding hydrogens is 372 g/mol. The number of nitrogens with zero attached hydrogens (tertiary/aromatic N) is 2. The third kappa shape index (κ3) is 4.67. The highest BCUT2D eigenvalue weighted by molar-refractivity contribution is 7.99. The van der Waals surface area contributed by atoms with Gasteiger partial charge in [0, 0.05) is 11.3 Å². The first kappa shape index (κ1) is 19.8. The molecule has 0 bridgehead atoms. The van der Waals surface area contributed by atoms with E-state index >= 15 is 0 Å². The Labute approximate surface area is 167 Å². The molecule has 3 rings (SSSR count). The van der Waals surface area contributed by atoms with E-state index in [0.717, 1.165) is 28.6 Å².